The van der Waals surface area contributed by atoms with Crippen LogP contribution >= 0.6 is 0 Å². The minimum Gasteiger partial charge on any atom is -0.348 e. The van der Waals surface area contributed by atoms with Crippen LogP contribution < -0.4 is 5.32 Å². The molecule has 0 aliphatic heterocycles. The molecule has 1 aliphatic rings. The molecule has 1 aliphatic carbocycles. The van der Waals surface area contributed by atoms with Crippen molar-refractivity contribution in [2.24, 2.45) is 10.8 Å². The molecule has 2 rings (SSSR count). The summed E-state index contributed by atoms with van der Waals surface area (Å²) in [5, 5.41) is 3.55. The van der Waals surface area contributed by atoms with Crippen LogP contribution in [0.15, 0.2) is 12.4 Å². The van der Waals surface area contributed by atoms with E-state index in [9.17, 15) is 0 Å². The number of nitrogens with one attached hydrogen (secondary N) is 2. The Morgan fingerprint density at radius 2 is 2.00 bits per heavy atom. The number of H-pyrrole nitrogens is 1. The van der Waals surface area contributed by atoms with Gasteiger partial charge in [0.2, 0.25) is 0 Å². The molecule has 2 N–H and O–H groups in total. The maximum Gasteiger partial charge on any atom is 0.120 e. The van der Waals surface area contributed by atoms with Crippen molar-refractivity contribution in [1.29, 1.82) is 0 Å². The monoisotopic (exact) mass is 193 g/mol. The number of nitrogens with zero attached hydrogens (tertiary/aromatic N) is 1. The van der Waals surface area contributed by atoms with Crippen molar-refractivity contribution in [3.8, 4) is 0 Å². The van der Waals surface area contributed by atoms with E-state index in [4.69, 9.17) is 0 Å². The van der Waals surface area contributed by atoms with Gasteiger partial charge in [-0.2, -0.15) is 0 Å². The maximum absolute atomic E-state index is 4.19. The zero-order valence-corrected chi connectivity index (χ0v) is 9.39. The number of imidazole rings is 1. The standard InChI is InChI=1S/C11H19N3/c1-10(2)9(11(10,3)4)14-7-8-12-5-6-13-8/h5-6,9,14H,7H2,1-4H3,(H,12,13). The first-order valence-corrected chi connectivity index (χ1v) is 5.18. The maximum atomic E-state index is 4.19. The second kappa shape index (κ2) is 2.83. The second-order valence-electron chi connectivity index (χ2n) is 5.29. The highest BCUT2D eigenvalue weighted by Crippen LogP contribution is 2.62. The van der Waals surface area contributed by atoms with Gasteiger partial charge in [-0.05, 0) is 10.8 Å². The Kier molecular flexibility index (Phi) is 1.96. The van der Waals surface area contributed by atoms with Crippen LogP contribution in [0, 0.1) is 10.8 Å². The molecule has 0 unspecified atom stereocenters. The molecule has 1 saturated carbocycles. The third kappa shape index (κ3) is 1.27. The van der Waals surface area contributed by atoms with E-state index in [1.54, 1.807) is 6.20 Å². The second-order valence-corrected chi connectivity index (χ2v) is 5.29. The Labute approximate surface area is 85.3 Å². The number of hydrogen-bond acceptors (Lipinski definition) is 2. The fourth-order valence-electron chi connectivity index (χ4n) is 2.30. The molecule has 0 aromatic carbocycles. The fourth-order valence-corrected chi connectivity index (χ4v) is 2.30. The molecule has 1 fully saturated rings. The van der Waals surface area contributed by atoms with E-state index in [0.717, 1.165) is 12.4 Å². The van der Waals surface area contributed by atoms with E-state index < -0.39 is 0 Å². The number of aromatic amines is 1. The van der Waals surface area contributed by atoms with Gasteiger partial charge in [0, 0.05) is 18.4 Å². The van der Waals surface area contributed by atoms with Crippen LogP contribution in [0.4, 0.5) is 0 Å². The molecule has 1 heterocycles. The van der Waals surface area contributed by atoms with Gasteiger partial charge in [0.1, 0.15) is 5.82 Å². The van der Waals surface area contributed by atoms with Crippen LogP contribution in [0.25, 0.3) is 0 Å². The highest BCUT2D eigenvalue weighted by molar-refractivity contribution is 5.17. The van der Waals surface area contributed by atoms with Crippen LogP contribution in [-0.2, 0) is 6.54 Å². The number of aromatic nitrogens is 2. The van der Waals surface area contributed by atoms with Crippen molar-refractivity contribution in [1.82, 2.24) is 15.3 Å². The molecule has 0 amide bonds. The lowest BCUT2D eigenvalue weighted by Gasteiger charge is -2.03. The molecular weight excluding hydrogens is 174 g/mol. The topological polar surface area (TPSA) is 40.7 Å². The molecular formula is C11H19N3. The van der Waals surface area contributed by atoms with Gasteiger partial charge in [0.25, 0.3) is 0 Å². The lowest BCUT2D eigenvalue weighted by Crippen LogP contribution is -2.22. The van der Waals surface area contributed by atoms with Crippen molar-refractivity contribution in [2.45, 2.75) is 40.3 Å². The average molecular weight is 193 g/mol. The van der Waals surface area contributed by atoms with Gasteiger partial charge in [-0.1, -0.05) is 27.7 Å². The van der Waals surface area contributed by atoms with Crippen LogP contribution in [0.3, 0.4) is 0 Å². The minimum absolute atomic E-state index is 0.402. The Balaban J connectivity index is 1.90. The molecule has 1 aromatic heterocycles. The fraction of sp³-hybridized carbons (Fsp3) is 0.727. The highest BCUT2D eigenvalue weighted by Gasteiger charge is 2.64. The molecule has 0 radical (unpaired) electrons. The Morgan fingerprint density at radius 3 is 2.43 bits per heavy atom. The summed E-state index contributed by atoms with van der Waals surface area (Å²) in [5.74, 6) is 1.02. The summed E-state index contributed by atoms with van der Waals surface area (Å²) >= 11 is 0. The van der Waals surface area contributed by atoms with Gasteiger partial charge in [-0.25, -0.2) is 4.98 Å². The minimum atomic E-state index is 0.402. The Bertz CT molecular complexity index is 297. The summed E-state index contributed by atoms with van der Waals surface area (Å²) in [5.41, 5.74) is 0.805. The van der Waals surface area contributed by atoms with Crippen molar-refractivity contribution >= 4 is 0 Å². The lowest BCUT2D eigenvalue weighted by atomic mass is 10.0. The predicted octanol–water partition coefficient (Wildman–Crippen LogP) is 1.93. The van der Waals surface area contributed by atoms with E-state index in [-0.39, 0.29) is 0 Å². The summed E-state index contributed by atoms with van der Waals surface area (Å²) < 4.78 is 0. The number of rotatable bonds is 3. The molecule has 0 saturated heterocycles. The van der Waals surface area contributed by atoms with Crippen LogP contribution in [0.1, 0.15) is 33.5 Å². The third-order valence-electron chi connectivity index (χ3n) is 4.05. The third-order valence-corrected chi connectivity index (χ3v) is 4.05. The molecule has 0 atom stereocenters. The summed E-state index contributed by atoms with van der Waals surface area (Å²) in [6.07, 6.45) is 3.65. The number of hydrogen-bond donors (Lipinski definition) is 2. The smallest absolute Gasteiger partial charge is 0.120 e. The van der Waals surface area contributed by atoms with Crippen LogP contribution in [0.2, 0.25) is 0 Å². The van der Waals surface area contributed by atoms with Gasteiger partial charge in [-0.15, -0.1) is 0 Å². The Morgan fingerprint density at radius 1 is 1.36 bits per heavy atom. The van der Waals surface area contributed by atoms with E-state index in [0.29, 0.717) is 16.9 Å². The molecule has 3 nitrogen and oxygen atoms in total. The van der Waals surface area contributed by atoms with Gasteiger partial charge in [0.05, 0.1) is 6.54 Å². The van der Waals surface area contributed by atoms with Crippen molar-refractivity contribution < 1.29 is 0 Å². The van der Waals surface area contributed by atoms with Gasteiger partial charge in [0.15, 0.2) is 0 Å². The molecule has 78 valence electrons. The SMILES string of the molecule is CC1(C)C(NCc2ncc[nH]2)C1(C)C. The molecule has 14 heavy (non-hydrogen) atoms. The lowest BCUT2D eigenvalue weighted by molar-refractivity contribution is 0.457. The summed E-state index contributed by atoms with van der Waals surface area (Å²) in [6.45, 7) is 10.1. The molecule has 0 spiro atoms. The average Bonchev–Trinajstić information content (AvgIpc) is 2.54. The summed E-state index contributed by atoms with van der Waals surface area (Å²) in [7, 11) is 0. The van der Waals surface area contributed by atoms with Crippen molar-refractivity contribution in [3.05, 3.63) is 18.2 Å². The predicted molar refractivity (Wildman–Crippen MR) is 56.8 cm³/mol. The summed E-state index contributed by atoms with van der Waals surface area (Å²) in [4.78, 5) is 7.29. The summed E-state index contributed by atoms with van der Waals surface area (Å²) in [6, 6.07) is 0.597. The first-order chi connectivity index (χ1) is 6.46. The van der Waals surface area contributed by atoms with Crippen LogP contribution in [-0.4, -0.2) is 16.0 Å². The zero-order valence-electron chi connectivity index (χ0n) is 9.39. The van der Waals surface area contributed by atoms with Gasteiger partial charge >= 0.3 is 0 Å². The van der Waals surface area contributed by atoms with Gasteiger partial charge < -0.3 is 10.3 Å². The molecule has 3 heteroatoms. The zero-order chi connectivity index (χ0) is 10.4. The van der Waals surface area contributed by atoms with Crippen molar-refractivity contribution in [2.75, 3.05) is 0 Å². The van der Waals surface area contributed by atoms with E-state index >= 15 is 0 Å². The van der Waals surface area contributed by atoms with Crippen LogP contribution in [0.5, 0.6) is 0 Å². The largest absolute Gasteiger partial charge is 0.348 e. The van der Waals surface area contributed by atoms with E-state index in [1.165, 1.54) is 0 Å². The van der Waals surface area contributed by atoms with Gasteiger partial charge in [-0.3, -0.25) is 0 Å². The quantitative estimate of drug-likeness (QED) is 0.770. The first kappa shape index (κ1) is 9.71. The Hall–Kier alpha value is -0.830. The molecule has 1 aromatic rings. The first-order valence-electron chi connectivity index (χ1n) is 5.18. The van der Waals surface area contributed by atoms with E-state index in [1.807, 2.05) is 6.20 Å². The van der Waals surface area contributed by atoms with Crippen molar-refractivity contribution in [3.63, 3.8) is 0 Å². The highest BCUT2D eigenvalue weighted by atomic mass is 15.1. The molecule has 0 bridgehead atoms. The normalized spacial score (nSPS) is 23.7. The van der Waals surface area contributed by atoms with E-state index in [2.05, 4.69) is 43.0 Å².